The zero-order valence-corrected chi connectivity index (χ0v) is 16.2. The van der Waals surface area contributed by atoms with Crippen molar-refractivity contribution in [2.45, 2.75) is 33.9 Å². The quantitative estimate of drug-likeness (QED) is 0.678. The summed E-state index contributed by atoms with van der Waals surface area (Å²) in [5, 5.41) is 16.5. The largest absolute Gasteiger partial charge is 0.392 e. The number of hydrogen-bond donors (Lipinski definition) is 2. The van der Waals surface area contributed by atoms with Gasteiger partial charge in [0.25, 0.3) is 5.56 Å². The average molecular weight is 406 g/mol. The number of halogens is 3. The van der Waals surface area contributed by atoms with Gasteiger partial charge >= 0.3 is 0 Å². The van der Waals surface area contributed by atoms with E-state index < -0.39 is 23.5 Å². The lowest BCUT2D eigenvalue weighted by molar-refractivity contribution is 0.282. The molecular weight excluding hydrogens is 385 g/mol. The second-order valence-electron chi connectivity index (χ2n) is 6.23. The van der Waals surface area contributed by atoms with E-state index in [2.05, 4.69) is 15.4 Å². The van der Waals surface area contributed by atoms with Crippen LogP contribution >= 0.6 is 0 Å². The molecular formula is C20H21F3N4O2. The molecule has 1 aromatic heterocycles. The molecule has 0 aliphatic rings. The number of aromatic nitrogens is 3. The van der Waals surface area contributed by atoms with Crippen molar-refractivity contribution in [3.05, 3.63) is 81.1 Å². The molecule has 0 atom stereocenters. The molecule has 0 saturated heterocycles. The summed E-state index contributed by atoms with van der Waals surface area (Å²) in [5.74, 6) is -2.91. The second-order valence-corrected chi connectivity index (χ2v) is 6.23. The summed E-state index contributed by atoms with van der Waals surface area (Å²) in [6.07, 6.45) is 1.87. The Morgan fingerprint density at radius 1 is 1.28 bits per heavy atom. The summed E-state index contributed by atoms with van der Waals surface area (Å²) in [4.78, 5) is 16.0. The molecule has 0 fully saturated rings. The van der Waals surface area contributed by atoms with Gasteiger partial charge in [-0.25, -0.2) is 17.9 Å². The lowest BCUT2D eigenvalue weighted by atomic mass is 10.1. The fourth-order valence-corrected chi connectivity index (χ4v) is 2.41. The molecule has 154 valence electrons. The van der Waals surface area contributed by atoms with E-state index >= 15 is 0 Å². The number of aryl methyl sites for hydroxylation is 2. The summed E-state index contributed by atoms with van der Waals surface area (Å²) in [7, 11) is 0. The minimum Gasteiger partial charge on any atom is -0.392 e. The molecule has 0 bridgehead atoms. The predicted octanol–water partition coefficient (Wildman–Crippen LogP) is 4.07. The van der Waals surface area contributed by atoms with Crippen LogP contribution in [0, 0.1) is 13.8 Å². The van der Waals surface area contributed by atoms with Gasteiger partial charge in [-0.3, -0.25) is 4.79 Å². The van der Waals surface area contributed by atoms with Gasteiger partial charge in [-0.05, 0) is 49.6 Å². The normalized spacial score (nSPS) is 13.0. The van der Waals surface area contributed by atoms with Gasteiger partial charge in [0.15, 0.2) is 11.7 Å². The third-order valence-corrected chi connectivity index (χ3v) is 4.10. The van der Waals surface area contributed by atoms with Gasteiger partial charge in [0, 0.05) is 5.69 Å². The number of aliphatic hydroxyl groups excluding tert-OH is 1. The average Bonchev–Trinajstić information content (AvgIpc) is 2.71. The number of benzene rings is 1. The maximum Gasteiger partial charge on any atom is 0.296 e. The molecule has 0 spiro atoms. The van der Waals surface area contributed by atoms with Gasteiger partial charge in [0.1, 0.15) is 12.0 Å². The van der Waals surface area contributed by atoms with E-state index in [0.717, 1.165) is 11.6 Å². The summed E-state index contributed by atoms with van der Waals surface area (Å²) in [5.41, 5.74) is 1.93. The van der Waals surface area contributed by atoms with E-state index in [9.17, 15) is 23.1 Å². The SMILES string of the molecule is C\C=C(/C=C(F)\C(F)=C\F)Cn1nc(C)c(=O)nc1Nc1cc(CO)ccc1C. The van der Waals surface area contributed by atoms with Crippen LogP contribution in [-0.4, -0.2) is 19.9 Å². The number of nitrogens with zero attached hydrogens (tertiary/aromatic N) is 3. The Labute approximate surface area is 165 Å². The maximum absolute atomic E-state index is 13.7. The van der Waals surface area contributed by atoms with Crippen LogP contribution in [0.15, 0.2) is 58.7 Å². The van der Waals surface area contributed by atoms with Crippen LogP contribution in [0.2, 0.25) is 0 Å². The second kappa shape index (κ2) is 9.83. The third-order valence-electron chi connectivity index (χ3n) is 4.10. The van der Waals surface area contributed by atoms with Gasteiger partial charge in [0.2, 0.25) is 5.95 Å². The van der Waals surface area contributed by atoms with Crippen LogP contribution < -0.4 is 10.9 Å². The number of aliphatic hydroxyl groups is 1. The van der Waals surface area contributed by atoms with E-state index in [0.29, 0.717) is 11.3 Å². The van der Waals surface area contributed by atoms with Crippen molar-refractivity contribution >= 4 is 11.6 Å². The lowest BCUT2D eigenvalue weighted by Gasteiger charge is -2.16. The monoisotopic (exact) mass is 406 g/mol. The molecule has 0 unspecified atom stereocenters. The van der Waals surface area contributed by atoms with Crippen LogP contribution in [0.1, 0.15) is 23.7 Å². The van der Waals surface area contributed by atoms with Crippen molar-refractivity contribution in [1.82, 2.24) is 14.8 Å². The van der Waals surface area contributed by atoms with Gasteiger partial charge in [-0.15, -0.1) is 0 Å². The molecule has 6 nitrogen and oxygen atoms in total. The topological polar surface area (TPSA) is 80.0 Å². The highest BCUT2D eigenvalue weighted by molar-refractivity contribution is 5.59. The van der Waals surface area contributed by atoms with Gasteiger partial charge < -0.3 is 10.4 Å². The molecule has 9 heteroatoms. The van der Waals surface area contributed by atoms with E-state index in [1.165, 1.54) is 17.7 Å². The van der Waals surface area contributed by atoms with Crippen LogP contribution in [0.4, 0.5) is 24.8 Å². The number of hydrogen-bond acceptors (Lipinski definition) is 5. The zero-order chi connectivity index (χ0) is 21.6. The van der Waals surface area contributed by atoms with E-state index in [1.807, 2.05) is 6.92 Å². The Bertz CT molecular complexity index is 1040. The van der Waals surface area contributed by atoms with E-state index in [1.54, 1.807) is 25.1 Å². The Balaban J connectivity index is 2.46. The first-order valence-electron chi connectivity index (χ1n) is 8.70. The Morgan fingerprint density at radius 2 is 2.00 bits per heavy atom. The molecule has 29 heavy (non-hydrogen) atoms. The number of anilines is 2. The Hall–Kier alpha value is -3.20. The van der Waals surface area contributed by atoms with Crippen LogP contribution in [0.25, 0.3) is 0 Å². The van der Waals surface area contributed by atoms with Gasteiger partial charge in [-0.1, -0.05) is 18.2 Å². The van der Waals surface area contributed by atoms with E-state index in [4.69, 9.17) is 0 Å². The van der Waals surface area contributed by atoms with Crippen molar-refractivity contribution in [2.24, 2.45) is 0 Å². The number of allylic oxidation sites excluding steroid dienone is 5. The van der Waals surface area contributed by atoms with Crippen LogP contribution in [-0.2, 0) is 13.2 Å². The molecule has 0 amide bonds. The fraction of sp³-hybridized carbons (Fsp3) is 0.250. The minimum absolute atomic E-state index is 0.0569. The van der Waals surface area contributed by atoms with Crippen molar-refractivity contribution in [2.75, 3.05) is 5.32 Å². The first-order valence-corrected chi connectivity index (χ1v) is 8.70. The molecule has 0 aliphatic carbocycles. The van der Waals surface area contributed by atoms with Crippen LogP contribution in [0.5, 0.6) is 0 Å². The molecule has 2 N–H and O–H groups in total. The molecule has 0 aliphatic heterocycles. The highest BCUT2D eigenvalue weighted by Crippen LogP contribution is 2.22. The summed E-state index contributed by atoms with van der Waals surface area (Å²) in [6, 6.07) is 5.25. The van der Waals surface area contributed by atoms with E-state index in [-0.39, 0.29) is 30.4 Å². The third kappa shape index (κ3) is 5.64. The standard InChI is InChI=1S/C20H21F3N4O2/c1-4-14(7-16(22)17(23)9-21)10-27-20(25-19(29)13(3)26-27)24-18-8-15(11-28)6-5-12(18)2/h4-9,28H,10-11H2,1-3H3,(H,24,25,29)/b14-4+,16-7+,17-9-. The number of rotatable bonds is 7. The van der Waals surface area contributed by atoms with Crippen molar-refractivity contribution in [1.29, 1.82) is 0 Å². The highest BCUT2D eigenvalue weighted by Gasteiger charge is 2.12. The highest BCUT2D eigenvalue weighted by atomic mass is 19.2. The first-order chi connectivity index (χ1) is 13.8. The molecule has 1 aromatic carbocycles. The zero-order valence-electron chi connectivity index (χ0n) is 16.2. The summed E-state index contributed by atoms with van der Waals surface area (Å²) < 4.78 is 40.2. The molecule has 2 aromatic rings. The van der Waals surface area contributed by atoms with Crippen molar-refractivity contribution in [3.8, 4) is 0 Å². The summed E-state index contributed by atoms with van der Waals surface area (Å²) >= 11 is 0. The number of nitrogens with one attached hydrogen (secondary N) is 1. The fourth-order valence-electron chi connectivity index (χ4n) is 2.41. The minimum atomic E-state index is -1.62. The van der Waals surface area contributed by atoms with Crippen molar-refractivity contribution in [3.63, 3.8) is 0 Å². The summed E-state index contributed by atoms with van der Waals surface area (Å²) in [6.45, 7) is 4.68. The first kappa shape index (κ1) is 22.1. The molecule has 2 rings (SSSR count). The van der Waals surface area contributed by atoms with Crippen LogP contribution in [0.3, 0.4) is 0 Å². The smallest absolute Gasteiger partial charge is 0.296 e. The van der Waals surface area contributed by atoms with Gasteiger partial charge in [0.05, 0.1) is 13.2 Å². The Morgan fingerprint density at radius 3 is 2.62 bits per heavy atom. The predicted molar refractivity (Wildman–Crippen MR) is 105 cm³/mol. The van der Waals surface area contributed by atoms with Gasteiger partial charge in [-0.2, -0.15) is 10.1 Å². The molecule has 0 radical (unpaired) electrons. The molecule has 1 heterocycles. The lowest BCUT2D eigenvalue weighted by Crippen LogP contribution is -2.23. The molecule has 0 saturated carbocycles. The van der Waals surface area contributed by atoms with Crippen molar-refractivity contribution < 1.29 is 18.3 Å². The maximum atomic E-state index is 13.7. The Kier molecular flexibility index (Phi) is 7.49.